The van der Waals surface area contributed by atoms with Crippen LogP contribution < -0.4 is 0 Å². The zero-order valence-corrected chi connectivity index (χ0v) is 9.53. The molecule has 0 aliphatic carbocycles. The van der Waals surface area contributed by atoms with Gasteiger partial charge in [0.1, 0.15) is 5.84 Å². The molecule has 82 valence electrons. The molecular weight excluding hydrogens is 190 g/mol. The van der Waals surface area contributed by atoms with E-state index in [1.807, 2.05) is 13.0 Å². The monoisotopic (exact) mass is 207 g/mol. The molecule has 0 aromatic heterocycles. The van der Waals surface area contributed by atoms with Gasteiger partial charge in [-0.1, -0.05) is 13.0 Å². The van der Waals surface area contributed by atoms with E-state index in [0.29, 0.717) is 18.8 Å². The van der Waals surface area contributed by atoms with Crippen LogP contribution in [0, 0.1) is 11.3 Å². The molecule has 0 N–H and O–H groups in total. The number of amidine groups is 1. The van der Waals surface area contributed by atoms with Crippen molar-refractivity contribution in [2.45, 2.75) is 33.6 Å². The van der Waals surface area contributed by atoms with Crippen LogP contribution >= 0.6 is 0 Å². The van der Waals surface area contributed by atoms with E-state index in [2.05, 4.69) is 4.99 Å². The standard InChI is InChI=1S/C11H17N3O/c1-4-9-14(11(3)15)10(2)13-8-6-5-7-12/h6,8H,4-5,9H2,1-3H3/b8-6-,13-10?. The predicted octanol–water partition coefficient (Wildman–Crippen LogP) is 2.09. The third-order valence-electron chi connectivity index (χ3n) is 1.79. The summed E-state index contributed by atoms with van der Waals surface area (Å²) < 4.78 is 0. The Labute approximate surface area is 90.9 Å². The maximum atomic E-state index is 11.2. The van der Waals surface area contributed by atoms with Crippen molar-refractivity contribution >= 4 is 11.7 Å². The minimum Gasteiger partial charge on any atom is -0.301 e. The summed E-state index contributed by atoms with van der Waals surface area (Å²) in [6.07, 6.45) is 4.46. The van der Waals surface area contributed by atoms with Crippen LogP contribution in [-0.2, 0) is 4.79 Å². The average molecular weight is 207 g/mol. The zero-order chi connectivity index (χ0) is 11.7. The number of nitriles is 1. The maximum absolute atomic E-state index is 11.2. The second-order valence-corrected chi connectivity index (χ2v) is 3.09. The van der Waals surface area contributed by atoms with Crippen molar-refractivity contribution in [2.75, 3.05) is 6.54 Å². The summed E-state index contributed by atoms with van der Waals surface area (Å²) >= 11 is 0. The van der Waals surface area contributed by atoms with Gasteiger partial charge in [-0.05, 0) is 13.3 Å². The van der Waals surface area contributed by atoms with Crippen LogP contribution in [0.5, 0.6) is 0 Å². The normalized spacial score (nSPS) is 11.5. The van der Waals surface area contributed by atoms with Gasteiger partial charge in [0, 0.05) is 19.7 Å². The molecule has 0 saturated heterocycles. The molecule has 0 saturated carbocycles. The second kappa shape index (κ2) is 7.74. The molecule has 15 heavy (non-hydrogen) atoms. The highest BCUT2D eigenvalue weighted by atomic mass is 16.2. The van der Waals surface area contributed by atoms with E-state index in [1.54, 1.807) is 24.1 Å². The predicted molar refractivity (Wildman–Crippen MR) is 60.2 cm³/mol. The van der Waals surface area contributed by atoms with Crippen LogP contribution in [0.4, 0.5) is 0 Å². The van der Waals surface area contributed by atoms with Crippen LogP contribution in [0.15, 0.2) is 17.3 Å². The van der Waals surface area contributed by atoms with Crippen molar-refractivity contribution in [2.24, 2.45) is 4.99 Å². The Morgan fingerprint density at radius 3 is 2.67 bits per heavy atom. The summed E-state index contributed by atoms with van der Waals surface area (Å²) in [6.45, 7) is 5.99. The number of nitrogens with zero attached hydrogens (tertiary/aromatic N) is 3. The summed E-state index contributed by atoms with van der Waals surface area (Å²) in [5, 5.41) is 8.30. The smallest absolute Gasteiger partial charge is 0.224 e. The summed E-state index contributed by atoms with van der Waals surface area (Å²) in [7, 11) is 0. The lowest BCUT2D eigenvalue weighted by Gasteiger charge is -2.18. The van der Waals surface area contributed by atoms with E-state index >= 15 is 0 Å². The molecule has 0 atom stereocenters. The number of hydrogen-bond donors (Lipinski definition) is 0. The fourth-order valence-electron chi connectivity index (χ4n) is 1.11. The van der Waals surface area contributed by atoms with Gasteiger partial charge in [-0.3, -0.25) is 4.79 Å². The van der Waals surface area contributed by atoms with Gasteiger partial charge in [0.2, 0.25) is 5.91 Å². The second-order valence-electron chi connectivity index (χ2n) is 3.09. The van der Waals surface area contributed by atoms with Crippen molar-refractivity contribution < 1.29 is 4.79 Å². The van der Waals surface area contributed by atoms with Crippen LogP contribution in [0.2, 0.25) is 0 Å². The first kappa shape index (κ1) is 13.4. The van der Waals surface area contributed by atoms with Gasteiger partial charge < -0.3 is 4.90 Å². The Hall–Kier alpha value is -1.63. The van der Waals surface area contributed by atoms with Gasteiger partial charge in [0.25, 0.3) is 0 Å². The molecule has 0 rings (SSSR count). The number of amides is 1. The van der Waals surface area contributed by atoms with E-state index in [4.69, 9.17) is 5.26 Å². The third kappa shape index (κ3) is 5.63. The Kier molecular flexibility index (Phi) is 6.90. The Morgan fingerprint density at radius 1 is 1.53 bits per heavy atom. The van der Waals surface area contributed by atoms with Gasteiger partial charge in [0.15, 0.2) is 0 Å². The van der Waals surface area contributed by atoms with Crippen molar-refractivity contribution in [3.8, 4) is 6.07 Å². The summed E-state index contributed by atoms with van der Waals surface area (Å²) in [4.78, 5) is 16.9. The number of hydrogen-bond acceptors (Lipinski definition) is 3. The summed E-state index contributed by atoms with van der Waals surface area (Å²) in [6, 6.07) is 1.98. The lowest BCUT2D eigenvalue weighted by Crippen LogP contribution is -2.33. The van der Waals surface area contributed by atoms with Gasteiger partial charge in [-0.2, -0.15) is 5.26 Å². The number of aliphatic imine (C=N–C) groups is 1. The van der Waals surface area contributed by atoms with E-state index in [0.717, 1.165) is 6.42 Å². The molecule has 1 amide bonds. The molecule has 0 aromatic carbocycles. The first-order valence-electron chi connectivity index (χ1n) is 4.98. The van der Waals surface area contributed by atoms with E-state index in [-0.39, 0.29) is 5.91 Å². The zero-order valence-electron chi connectivity index (χ0n) is 9.53. The molecule has 0 fully saturated rings. The molecule has 0 radical (unpaired) electrons. The van der Waals surface area contributed by atoms with Gasteiger partial charge in [-0.25, -0.2) is 4.99 Å². The fourth-order valence-corrected chi connectivity index (χ4v) is 1.11. The highest BCUT2D eigenvalue weighted by Gasteiger charge is 2.09. The molecule has 0 bridgehead atoms. The highest BCUT2D eigenvalue weighted by Crippen LogP contribution is 1.96. The number of carbonyl (C=O) groups is 1. The quantitative estimate of drug-likeness (QED) is 0.523. The molecule has 4 nitrogen and oxygen atoms in total. The summed E-state index contributed by atoms with van der Waals surface area (Å²) in [5.41, 5.74) is 0. The van der Waals surface area contributed by atoms with Gasteiger partial charge >= 0.3 is 0 Å². The van der Waals surface area contributed by atoms with Crippen LogP contribution in [0.1, 0.15) is 33.6 Å². The summed E-state index contributed by atoms with van der Waals surface area (Å²) in [5.74, 6) is 0.658. The topological polar surface area (TPSA) is 56.5 Å². The fraction of sp³-hybridized carbons (Fsp3) is 0.545. The number of allylic oxidation sites excluding steroid dienone is 1. The van der Waals surface area contributed by atoms with Crippen LogP contribution in [0.25, 0.3) is 0 Å². The SMILES string of the molecule is CCCN(C(C)=O)C(C)=N/C=C\CC#N. The Morgan fingerprint density at radius 2 is 2.20 bits per heavy atom. The van der Waals surface area contributed by atoms with Gasteiger partial charge in [0.05, 0.1) is 12.5 Å². The number of rotatable bonds is 4. The van der Waals surface area contributed by atoms with Crippen molar-refractivity contribution in [1.29, 1.82) is 5.26 Å². The van der Waals surface area contributed by atoms with Crippen LogP contribution in [0.3, 0.4) is 0 Å². The number of carbonyl (C=O) groups excluding carboxylic acids is 1. The lowest BCUT2D eigenvalue weighted by molar-refractivity contribution is -0.125. The minimum absolute atomic E-state index is 0.00761. The van der Waals surface area contributed by atoms with Crippen LogP contribution in [-0.4, -0.2) is 23.2 Å². The molecule has 0 aromatic rings. The lowest BCUT2D eigenvalue weighted by atomic mass is 10.4. The van der Waals surface area contributed by atoms with Crippen molar-refractivity contribution in [1.82, 2.24) is 4.90 Å². The molecule has 0 aliphatic heterocycles. The largest absolute Gasteiger partial charge is 0.301 e. The van der Waals surface area contributed by atoms with Crippen molar-refractivity contribution in [3.05, 3.63) is 12.3 Å². The average Bonchev–Trinajstić information content (AvgIpc) is 2.20. The third-order valence-corrected chi connectivity index (χ3v) is 1.79. The Bertz CT molecular complexity index is 299. The molecule has 0 aliphatic rings. The Balaban J connectivity index is 4.42. The van der Waals surface area contributed by atoms with E-state index in [1.165, 1.54) is 6.92 Å². The first-order valence-corrected chi connectivity index (χ1v) is 4.98. The highest BCUT2D eigenvalue weighted by molar-refractivity contribution is 5.96. The van der Waals surface area contributed by atoms with Crippen molar-refractivity contribution in [3.63, 3.8) is 0 Å². The molecule has 0 unspecified atom stereocenters. The van der Waals surface area contributed by atoms with Gasteiger partial charge in [-0.15, -0.1) is 0 Å². The molecule has 4 heteroatoms. The maximum Gasteiger partial charge on any atom is 0.224 e. The molecular formula is C11H17N3O. The van der Waals surface area contributed by atoms with E-state index in [9.17, 15) is 4.79 Å². The minimum atomic E-state index is -0.00761. The van der Waals surface area contributed by atoms with E-state index < -0.39 is 0 Å². The molecule has 0 spiro atoms. The molecule has 0 heterocycles. The first-order chi connectivity index (χ1) is 7.13.